The van der Waals surface area contributed by atoms with Crippen LogP contribution in [-0.2, 0) is 9.84 Å². The second kappa shape index (κ2) is 6.64. The van der Waals surface area contributed by atoms with Gasteiger partial charge in [0.2, 0.25) is 0 Å². The van der Waals surface area contributed by atoms with Crippen LogP contribution in [0.2, 0.25) is 0 Å². The summed E-state index contributed by atoms with van der Waals surface area (Å²) in [4.78, 5) is 19.1. The minimum Gasteiger partial charge on any atom is -0.356 e. The molecule has 2 aliphatic heterocycles. The quantitative estimate of drug-likeness (QED) is 0.590. The fourth-order valence-electron chi connectivity index (χ4n) is 3.45. The number of nitrogens with zero attached hydrogens (tertiary/aromatic N) is 4. The Kier molecular flexibility index (Phi) is 4.73. The summed E-state index contributed by atoms with van der Waals surface area (Å²) in [5.74, 6) is 1.30. The van der Waals surface area contributed by atoms with Gasteiger partial charge in [-0.15, -0.1) is 0 Å². The molecule has 1 aromatic heterocycles. The molecule has 24 heavy (non-hydrogen) atoms. The molecule has 0 radical (unpaired) electrons. The molecule has 1 aromatic rings. The van der Waals surface area contributed by atoms with Gasteiger partial charge in [0.05, 0.1) is 16.4 Å². The van der Waals surface area contributed by atoms with E-state index in [1.165, 1.54) is 6.20 Å². The Morgan fingerprint density at radius 1 is 1.21 bits per heavy atom. The van der Waals surface area contributed by atoms with Crippen LogP contribution in [0.5, 0.6) is 0 Å². The summed E-state index contributed by atoms with van der Waals surface area (Å²) in [7, 11) is -2.84. The van der Waals surface area contributed by atoms with Crippen molar-refractivity contribution in [1.82, 2.24) is 9.88 Å². The third-order valence-electron chi connectivity index (χ3n) is 4.95. The molecule has 2 fully saturated rings. The minimum absolute atomic E-state index is 0.0446. The molecule has 3 heterocycles. The maximum absolute atomic E-state index is 11.5. The van der Waals surface area contributed by atoms with Gasteiger partial charge in [-0.05, 0) is 25.8 Å². The predicted molar refractivity (Wildman–Crippen MR) is 91.1 cm³/mol. The Hall–Kier alpha value is -1.74. The third-order valence-corrected chi connectivity index (χ3v) is 6.56. The molecule has 0 bridgehead atoms. The van der Waals surface area contributed by atoms with Gasteiger partial charge in [-0.2, -0.15) is 0 Å². The van der Waals surface area contributed by atoms with Crippen LogP contribution in [-0.4, -0.2) is 67.0 Å². The molecule has 132 valence electrons. The Balaban J connectivity index is 1.59. The SMILES string of the molecule is Cc1cc(N2CCC(N3CCS(=O)(=O)CC3)CC2)ncc1[N+](=O)[O-]. The van der Waals surface area contributed by atoms with Crippen molar-refractivity contribution < 1.29 is 13.3 Å². The number of pyridine rings is 1. The summed E-state index contributed by atoms with van der Waals surface area (Å²) in [6, 6.07) is 2.18. The maximum Gasteiger partial charge on any atom is 0.290 e. The number of sulfone groups is 1. The standard InChI is InChI=1S/C15H22N4O4S/c1-12-10-15(16-11-14(12)19(20)21)18-4-2-13(3-5-18)17-6-8-24(22,23)9-7-17/h10-11,13H,2-9H2,1H3. The van der Waals surface area contributed by atoms with E-state index >= 15 is 0 Å². The van der Waals surface area contributed by atoms with E-state index in [0.717, 1.165) is 31.7 Å². The Labute approximate surface area is 141 Å². The average molecular weight is 354 g/mol. The first kappa shape index (κ1) is 17.1. The van der Waals surface area contributed by atoms with Crippen LogP contribution < -0.4 is 4.90 Å². The van der Waals surface area contributed by atoms with Gasteiger partial charge in [-0.3, -0.25) is 15.0 Å². The Morgan fingerprint density at radius 3 is 2.38 bits per heavy atom. The smallest absolute Gasteiger partial charge is 0.290 e. The molecule has 8 nitrogen and oxygen atoms in total. The van der Waals surface area contributed by atoms with Gasteiger partial charge >= 0.3 is 0 Å². The number of rotatable bonds is 3. The second-order valence-corrected chi connectivity index (χ2v) is 8.80. The van der Waals surface area contributed by atoms with E-state index in [1.807, 2.05) is 0 Å². The van der Waals surface area contributed by atoms with Crippen molar-refractivity contribution in [3.63, 3.8) is 0 Å². The van der Waals surface area contributed by atoms with E-state index in [2.05, 4.69) is 14.8 Å². The van der Waals surface area contributed by atoms with Crippen molar-refractivity contribution in [2.75, 3.05) is 42.6 Å². The van der Waals surface area contributed by atoms with Crippen LogP contribution in [0.15, 0.2) is 12.3 Å². The molecular weight excluding hydrogens is 332 g/mol. The highest BCUT2D eigenvalue weighted by Gasteiger charge is 2.30. The molecule has 3 rings (SSSR count). The lowest BCUT2D eigenvalue weighted by atomic mass is 10.0. The third kappa shape index (κ3) is 3.67. The number of aryl methyl sites for hydroxylation is 1. The van der Waals surface area contributed by atoms with Crippen LogP contribution in [0.3, 0.4) is 0 Å². The zero-order chi connectivity index (χ0) is 17.3. The topological polar surface area (TPSA) is 96.7 Å². The summed E-state index contributed by atoms with van der Waals surface area (Å²) < 4.78 is 23.1. The van der Waals surface area contributed by atoms with Crippen LogP contribution in [0, 0.1) is 17.0 Å². The van der Waals surface area contributed by atoms with Gasteiger partial charge in [0.15, 0.2) is 9.84 Å². The lowest BCUT2D eigenvalue weighted by Gasteiger charge is -2.40. The monoisotopic (exact) mass is 354 g/mol. The zero-order valence-corrected chi connectivity index (χ0v) is 14.5. The van der Waals surface area contributed by atoms with E-state index in [4.69, 9.17) is 0 Å². The largest absolute Gasteiger partial charge is 0.356 e. The number of hydrogen-bond acceptors (Lipinski definition) is 7. The van der Waals surface area contributed by atoms with Gasteiger partial charge in [-0.25, -0.2) is 13.4 Å². The molecule has 9 heteroatoms. The van der Waals surface area contributed by atoms with Crippen molar-refractivity contribution in [3.8, 4) is 0 Å². The number of piperidine rings is 1. The van der Waals surface area contributed by atoms with E-state index in [0.29, 0.717) is 24.7 Å². The summed E-state index contributed by atoms with van der Waals surface area (Å²) in [6.07, 6.45) is 3.24. The van der Waals surface area contributed by atoms with E-state index in [9.17, 15) is 18.5 Å². The van der Waals surface area contributed by atoms with E-state index in [1.54, 1.807) is 13.0 Å². The van der Waals surface area contributed by atoms with E-state index < -0.39 is 14.8 Å². The summed E-state index contributed by atoms with van der Waals surface area (Å²) >= 11 is 0. The van der Waals surface area contributed by atoms with Gasteiger partial charge in [0.25, 0.3) is 5.69 Å². The van der Waals surface area contributed by atoms with Crippen molar-refractivity contribution in [3.05, 3.63) is 27.9 Å². The highest BCUT2D eigenvalue weighted by atomic mass is 32.2. The Morgan fingerprint density at radius 2 is 1.83 bits per heavy atom. The average Bonchev–Trinajstić information content (AvgIpc) is 2.54. The lowest BCUT2D eigenvalue weighted by molar-refractivity contribution is -0.385. The van der Waals surface area contributed by atoms with Gasteiger partial charge < -0.3 is 4.90 Å². The van der Waals surface area contributed by atoms with Crippen LogP contribution in [0.4, 0.5) is 11.5 Å². The molecule has 0 unspecified atom stereocenters. The molecular formula is C15H22N4O4S. The maximum atomic E-state index is 11.5. The molecule has 2 saturated heterocycles. The van der Waals surface area contributed by atoms with Crippen molar-refractivity contribution >= 4 is 21.3 Å². The number of anilines is 1. The second-order valence-electron chi connectivity index (χ2n) is 6.49. The summed E-state index contributed by atoms with van der Waals surface area (Å²) in [6.45, 7) is 4.64. The van der Waals surface area contributed by atoms with Gasteiger partial charge in [0, 0.05) is 37.8 Å². The first-order valence-electron chi connectivity index (χ1n) is 8.16. The van der Waals surface area contributed by atoms with Crippen LogP contribution in [0.25, 0.3) is 0 Å². The fourth-order valence-corrected chi connectivity index (χ4v) is 4.68. The molecule has 2 aliphatic rings. The molecule has 0 amide bonds. The summed E-state index contributed by atoms with van der Waals surface area (Å²) in [5, 5.41) is 10.9. The minimum atomic E-state index is -2.84. The molecule has 0 atom stereocenters. The highest BCUT2D eigenvalue weighted by Crippen LogP contribution is 2.25. The molecule has 0 aromatic carbocycles. The predicted octanol–water partition coefficient (Wildman–Crippen LogP) is 0.997. The van der Waals surface area contributed by atoms with Gasteiger partial charge in [0.1, 0.15) is 12.0 Å². The number of nitro groups is 1. The molecule has 0 aliphatic carbocycles. The summed E-state index contributed by atoms with van der Waals surface area (Å²) in [5.41, 5.74) is 0.663. The van der Waals surface area contributed by atoms with Crippen LogP contribution in [0.1, 0.15) is 18.4 Å². The Bertz CT molecular complexity index is 715. The van der Waals surface area contributed by atoms with Crippen molar-refractivity contribution in [2.45, 2.75) is 25.8 Å². The zero-order valence-electron chi connectivity index (χ0n) is 13.7. The van der Waals surface area contributed by atoms with E-state index in [-0.39, 0.29) is 17.2 Å². The number of hydrogen-bond donors (Lipinski definition) is 0. The normalized spacial score (nSPS) is 22.5. The lowest BCUT2D eigenvalue weighted by Crippen LogP contribution is -2.50. The molecule has 0 spiro atoms. The van der Waals surface area contributed by atoms with Crippen molar-refractivity contribution in [1.29, 1.82) is 0 Å². The fraction of sp³-hybridized carbons (Fsp3) is 0.667. The van der Waals surface area contributed by atoms with Crippen molar-refractivity contribution in [2.24, 2.45) is 0 Å². The first-order chi connectivity index (χ1) is 11.4. The first-order valence-corrected chi connectivity index (χ1v) is 9.98. The van der Waals surface area contributed by atoms with Crippen LogP contribution >= 0.6 is 0 Å². The number of aromatic nitrogens is 1. The molecule has 0 N–H and O–H groups in total. The van der Waals surface area contributed by atoms with Gasteiger partial charge in [-0.1, -0.05) is 0 Å². The highest BCUT2D eigenvalue weighted by molar-refractivity contribution is 7.91. The molecule has 0 saturated carbocycles.